The quantitative estimate of drug-likeness (QED) is 0.841. The molecule has 0 saturated carbocycles. The van der Waals surface area contributed by atoms with Crippen LogP contribution in [0.15, 0.2) is 35.9 Å². The molecule has 1 fully saturated rings. The largest absolute Gasteiger partial charge is 0.490 e. The third kappa shape index (κ3) is 4.85. The Morgan fingerprint density at radius 1 is 1.33 bits per heavy atom. The fraction of sp³-hybridized carbons (Fsp3) is 0.474. The number of aliphatic carboxylic acids is 1. The van der Waals surface area contributed by atoms with E-state index in [1.54, 1.807) is 23.1 Å². The number of ether oxygens (including phenoxy) is 1. The van der Waals surface area contributed by atoms with Crippen molar-refractivity contribution in [2.75, 3.05) is 19.7 Å². The van der Waals surface area contributed by atoms with Gasteiger partial charge >= 0.3 is 5.97 Å². The molecule has 2 rings (SSSR count). The van der Waals surface area contributed by atoms with Crippen LogP contribution in [0.5, 0.6) is 5.75 Å². The third-order valence-electron chi connectivity index (χ3n) is 4.12. The van der Waals surface area contributed by atoms with Gasteiger partial charge in [0, 0.05) is 18.7 Å². The molecule has 1 saturated heterocycles. The van der Waals surface area contributed by atoms with E-state index >= 15 is 0 Å². The number of benzene rings is 1. The maximum Gasteiger partial charge on any atom is 0.308 e. The smallest absolute Gasteiger partial charge is 0.308 e. The highest BCUT2D eigenvalue weighted by Gasteiger charge is 2.32. The van der Waals surface area contributed by atoms with Crippen molar-refractivity contribution in [1.82, 2.24) is 4.90 Å². The van der Waals surface area contributed by atoms with Crippen LogP contribution in [0, 0.1) is 11.8 Å². The number of allylic oxidation sites excluding steroid dienone is 1. The van der Waals surface area contributed by atoms with Gasteiger partial charge in [-0.05, 0) is 50.5 Å². The molecule has 0 bridgehead atoms. The molecule has 0 aromatic heterocycles. The van der Waals surface area contributed by atoms with Crippen molar-refractivity contribution in [2.45, 2.75) is 27.2 Å². The van der Waals surface area contributed by atoms with Gasteiger partial charge in [-0.1, -0.05) is 18.6 Å². The molecule has 2 atom stereocenters. The molecule has 130 valence electrons. The Hall–Kier alpha value is -2.30. The Kier molecular flexibility index (Phi) is 6.01. The Morgan fingerprint density at radius 3 is 2.75 bits per heavy atom. The average Bonchev–Trinajstić information content (AvgIpc) is 2.53. The zero-order valence-corrected chi connectivity index (χ0v) is 14.5. The van der Waals surface area contributed by atoms with E-state index in [0.717, 1.165) is 0 Å². The maximum atomic E-state index is 12.7. The molecule has 0 aliphatic carbocycles. The number of rotatable bonds is 5. The summed E-state index contributed by atoms with van der Waals surface area (Å²) >= 11 is 0. The summed E-state index contributed by atoms with van der Waals surface area (Å²) in [6.07, 6.45) is 2.59. The Bertz CT molecular complexity index is 634. The van der Waals surface area contributed by atoms with Gasteiger partial charge in [-0.2, -0.15) is 0 Å². The summed E-state index contributed by atoms with van der Waals surface area (Å²) < 4.78 is 5.63. The SMILES string of the molecule is CC(C)=CCOc1cccc(C(=O)N2CC(C)CC(C(=O)O)C2)c1. The first-order valence-electron chi connectivity index (χ1n) is 8.25. The third-order valence-corrected chi connectivity index (χ3v) is 4.12. The van der Waals surface area contributed by atoms with E-state index < -0.39 is 11.9 Å². The average molecular weight is 331 g/mol. The standard InChI is InChI=1S/C19H25NO4/c1-13(2)7-8-24-17-6-4-5-15(10-17)18(21)20-11-14(3)9-16(12-20)19(22)23/h4-7,10,14,16H,8-9,11-12H2,1-3H3,(H,22,23). The molecule has 1 aromatic carbocycles. The molecule has 1 amide bonds. The summed E-state index contributed by atoms with van der Waals surface area (Å²) in [7, 11) is 0. The second-order valence-corrected chi connectivity index (χ2v) is 6.71. The summed E-state index contributed by atoms with van der Waals surface area (Å²) in [6, 6.07) is 7.06. The van der Waals surface area contributed by atoms with E-state index in [2.05, 4.69) is 0 Å². The van der Waals surface area contributed by atoms with Gasteiger partial charge in [-0.25, -0.2) is 0 Å². The molecule has 1 aliphatic heterocycles. The molecule has 1 aromatic rings. The van der Waals surface area contributed by atoms with Crippen molar-refractivity contribution in [2.24, 2.45) is 11.8 Å². The van der Waals surface area contributed by atoms with Gasteiger partial charge in [0.05, 0.1) is 5.92 Å². The van der Waals surface area contributed by atoms with Crippen molar-refractivity contribution in [3.05, 3.63) is 41.5 Å². The number of hydrogen-bond acceptors (Lipinski definition) is 3. The number of carboxylic acids is 1. The molecule has 2 unspecified atom stereocenters. The van der Waals surface area contributed by atoms with E-state index in [-0.39, 0.29) is 18.4 Å². The predicted octanol–water partition coefficient (Wildman–Crippen LogP) is 3.21. The number of hydrogen-bond donors (Lipinski definition) is 1. The highest BCUT2D eigenvalue weighted by molar-refractivity contribution is 5.95. The molecule has 24 heavy (non-hydrogen) atoms. The zero-order chi connectivity index (χ0) is 17.7. The fourth-order valence-electron chi connectivity index (χ4n) is 2.90. The second-order valence-electron chi connectivity index (χ2n) is 6.71. The van der Waals surface area contributed by atoms with Crippen LogP contribution in [0.25, 0.3) is 0 Å². The molecule has 1 aliphatic rings. The Balaban J connectivity index is 2.08. The number of carbonyl (C=O) groups excluding carboxylic acids is 1. The van der Waals surface area contributed by atoms with Crippen molar-refractivity contribution >= 4 is 11.9 Å². The highest BCUT2D eigenvalue weighted by atomic mass is 16.5. The van der Waals surface area contributed by atoms with Gasteiger partial charge in [0.15, 0.2) is 0 Å². The van der Waals surface area contributed by atoms with Crippen LogP contribution in [0.2, 0.25) is 0 Å². The number of carbonyl (C=O) groups is 2. The summed E-state index contributed by atoms with van der Waals surface area (Å²) in [4.78, 5) is 25.6. The number of amides is 1. The molecule has 1 heterocycles. The van der Waals surface area contributed by atoms with Gasteiger partial charge in [0.1, 0.15) is 12.4 Å². The molecule has 5 nitrogen and oxygen atoms in total. The van der Waals surface area contributed by atoms with Crippen LogP contribution < -0.4 is 4.74 Å². The minimum absolute atomic E-state index is 0.138. The molecular formula is C19H25NO4. The summed E-state index contributed by atoms with van der Waals surface area (Å²) in [5.74, 6) is -0.646. The highest BCUT2D eigenvalue weighted by Crippen LogP contribution is 2.24. The monoisotopic (exact) mass is 331 g/mol. The van der Waals surface area contributed by atoms with Gasteiger partial charge in [0.25, 0.3) is 5.91 Å². The lowest BCUT2D eigenvalue weighted by Crippen LogP contribution is -2.45. The van der Waals surface area contributed by atoms with E-state index in [9.17, 15) is 14.7 Å². The minimum atomic E-state index is -0.835. The molecular weight excluding hydrogens is 306 g/mol. The topological polar surface area (TPSA) is 66.8 Å². The molecule has 0 spiro atoms. The van der Waals surface area contributed by atoms with E-state index in [4.69, 9.17) is 4.74 Å². The molecule has 1 N–H and O–H groups in total. The lowest BCUT2D eigenvalue weighted by Gasteiger charge is -2.34. The van der Waals surface area contributed by atoms with Crippen LogP contribution in [0.3, 0.4) is 0 Å². The van der Waals surface area contributed by atoms with Crippen molar-refractivity contribution in [1.29, 1.82) is 0 Å². The van der Waals surface area contributed by atoms with Crippen LogP contribution in [0.1, 0.15) is 37.6 Å². The number of piperidine rings is 1. The first-order chi connectivity index (χ1) is 11.4. The Morgan fingerprint density at radius 2 is 2.08 bits per heavy atom. The number of likely N-dealkylation sites (tertiary alicyclic amines) is 1. The van der Waals surface area contributed by atoms with E-state index in [0.29, 0.717) is 30.9 Å². The number of carboxylic acid groups (broad SMARTS) is 1. The molecule has 5 heteroatoms. The lowest BCUT2D eigenvalue weighted by atomic mass is 9.90. The predicted molar refractivity (Wildman–Crippen MR) is 92.2 cm³/mol. The van der Waals surface area contributed by atoms with E-state index in [1.165, 1.54) is 5.57 Å². The Labute approximate surface area is 142 Å². The second kappa shape index (κ2) is 7.99. The normalized spacial score (nSPS) is 20.4. The summed E-state index contributed by atoms with van der Waals surface area (Å²) in [6.45, 7) is 7.29. The fourth-order valence-corrected chi connectivity index (χ4v) is 2.90. The summed E-state index contributed by atoms with van der Waals surface area (Å²) in [5.41, 5.74) is 1.70. The van der Waals surface area contributed by atoms with Gasteiger partial charge in [-0.3, -0.25) is 9.59 Å². The van der Waals surface area contributed by atoms with Gasteiger partial charge < -0.3 is 14.7 Å². The summed E-state index contributed by atoms with van der Waals surface area (Å²) in [5, 5.41) is 9.25. The number of nitrogens with zero attached hydrogens (tertiary/aromatic N) is 1. The lowest BCUT2D eigenvalue weighted by molar-refractivity contribution is -0.143. The van der Waals surface area contributed by atoms with Crippen LogP contribution >= 0.6 is 0 Å². The first-order valence-corrected chi connectivity index (χ1v) is 8.25. The van der Waals surface area contributed by atoms with Gasteiger partial charge in [0.2, 0.25) is 0 Å². The van der Waals surface area contributed by atoms with Crippen molar-refractivity contribution in [3.8, 4) is 5.75 Å². The van der Waals surface area contributed by atoms with Crippen molar-refractivity contribution < 1.29 is 19.4 Å². The van der Waals surface area contributed by atoms with Gasteiger partial charge in [-0.15, -0.1) is 0 Å². The van der Waals surface area contributed by atoms with E-state index in [1.807, 2.05) is 32.9 Å². The molecule has 0 radical (unpaired) electrons. The van der Waals surface area contributed by atoms with Crippen LogP contribution in [-0.4, -0.2) is 41.6 Å². The van der Waals surface area contributed by atoms with Crippen LogP contribution in [0.4, 0.5) is 0 Å². The first kappa shape index (κ1) is 18.0. The maximum absolute atomic E-state index is 12.7. The van der Waals surface area contributed by atoms with Crippen LogP contribution in [-0.2, 0) is 4.79 Å². The minimum Gasteiger partial charge on any atom is -0.490 e. The van der Waals surface area contributed by atoms with Crippen molar-refractivity contribution in [3.63, 3.8) is 0 Å². The zero-order valence-electron chi connectivity index (χ0n) is 14.5.